The van der Waals surface area contributed by atoms with Crippen LogP contribution in [0.4, 0.5) is 0 Å². The normalized spacial score (nSPS) is 16.6. The van der Waals surface area contributed by atoms with Gasteiger partial charge in [0.15, 0.2) is 0 Å². The zero-order valence-corrected chi connectivity index (χ0v) is 13.7. The van der Waals surface area contributed by atoms with Gasteiger partial charge in [0.1, 0.15) is 6.54 Å². The van der Waals surface area contributed by atoms with Crippen molar-refractivity contribution in [2.75, 3.05) is 13.1 Å². The molecule has 4 heteroatoms. The summed E-state index contributed by atoms with van der Waals surface area (Å²) in [6.07, 6.45) is 8.00. The van der Waals surface area contributed by atoms with Crippen LogP contribution in [0.2, 0.25) is 0 Å². The zero-order valence-electron chi connectivity index (χ0n) is 13.7. The summed E-state index contributed by atoms with van der Waals surface area (Å²) >= 11 is 0. The summed E-state index contributed by atoms with van der Waals surface area (Å²) < 4.78 is 2.06. The molecular weight excluding hydrogens is 274 g/mol. The average Bonchev–Trinajstić information content (AvgIpc) is 2.84. The monoisotopic (exact) mass is 299 g/mol. The third kappa shape index (κ3) is 2.87. The van der Waals surface area contributed by atoms with Gasteiger partial charge in [-0.15, -0.1) is 0 Å². The number of nitrogens with zero attached hydrogens (tertiary/aromatic N) is 3. The van der Waals surface area contributed by atoms with Crippen molar-refractivity contribution >= 4 is 16.8 Å². The Hall–Kier alpha value is -1.84. The summed E-state index contributed by atoms with van der Waals surface area (Å²) in [5.74, 6) is 1.72. The number of rotatable bonds is 3. The third-order valence-corrected chi connectivity index (χ3v) is 5.02. The molecule has 0 aliphatic carbocycles. The molecule has 1 fully saturated rings. The van der Waals surface area contributed by atoms with Gasteiger partial charge in [0.25, 0.3) is 0 Å². The number of hydrogen-bond acceptors (Lipinski definition) is 2. The molecule has 1 amide bonds. The van der Waals surface area contributed by atoms with E-state index in [1.165, 1.54) is 5.56 Å². The van der Waals surface area contributed by atoms with Gasteiger partial charge < -0.3 is 9.47 Å². The van der Waals surface area contributed by atoms with Crippen LogP contribution in [-0.2, 0) is 11.3 Å². The van der Waals surface area contributed by atoms with E-state index in [1.807, 2.05) is 17.2 Å². The van der Waals surface area contributed by atoms with E-state index in [0.717, 1.165) is 48.7 Å². The van der Waals surface area contributed by atoms with Crippen molar-refractivity contribution in [1.29, 1.82) is 0 Å². The Kier molecular flexibility index (Phi) is 4.19. The first-order chi connectivity index (χ1) is 10.6. The molecule has 2 aromatic heterocycles. The predicted octanol–water partition coefficient (Wildman–Crippen LogP) is 3.24. The number of aryl methyl sites for hydroxylation is 1. The van der Waals surface area contributed by atoms with Gasteiger partial charge in [-0.1, -0.05) is 13.8 Å². The van der Waals surface area contributed by atoms with E-state index in [9.17, 15) is 4.79 Å². The van der Waals surface area contributed by atoms with Gasteiger partial charge >= 0.3 is 0 Å². The van der Waals surface area contributed by atoms with E-state index >= 15 is 0 Å². The van der Waals surface area contributed by atoms with Crippen molar-refractivity contribution < 1.29 is 4.79 Å². The number of piperidine rings is 1. The SMILES string of the molecule is Cc1cn(CC(=O)N2CCC(C(C)C)CC2)c2ccncc12. The summed E-state index contributed by atoms with van der Waals surface area (Å²) in [6.45, 7) is 8.87. The number of likely N-dealkylation sites (tertiary alicyclic amines) is 1. The molecule has 118 valence electrons. The highest BCUT2D eigenvalue weighted by atomic mass is 16.2. The second-order valence-corrected chi connectivity index (χ2v) is 6.80. The lowest BCUT2D eigenvalue weighted by atomic mass is 9.87. The van der Waals surface area contributed by atoms with Crippen LogP contribution >= 0.6 is 0 Å². The van der Waals surface area contributed by atoms with Crippen molar-refractivity contribution in [3.63, 3.8) is 0 Å². The highest BCUT2D eigenvalue weighted by molar-refractivity contribution is 5.85. The van der Waals surface area contributed by atoms with Crippen LogP contribution in [0.5, 0.6) is 0 Å². The highest BCUT2D eigenvalue weighted by Gasteiger charge is 2.24. The second kappa shape index (κ2) is 6.11. The number of carbonyl (C=O) groups is 1. The van der Waals surface area contributed by atoms with Gasteiger partial charge in [-0.05, 0) is 43.2 Å². The lowest BCUT2D eigenvalue weighted by Gasteiger charge is -2.34. The zero-order chi connectivity index (χ0) is 15.7. The van der Waals surface area contributed by atoms with E-state index in [1.54, 1.807) is 6.20 Å². The smallest absolute Gasteiger partial charge is 0.242 e. The largest absolute Gasteiger partial charge is 0.341 e. The standard InChI is InChI=1S/C18H25N3O/c1-13(2)15-5-8-20(9-6-15)18(22)12-21-11-14(3)16-10-19-7-4-17(16)21/h4,7,10-11,13,15H,5-6,8-9,12H2,1-3H3. The van der Waals surface area contributed by atoms with Crippen molar-refractivity contribution in [3.8, 4) is 0 Å². The summed E-state index contributed by atoms with van der Waals surface area (Å²) in [4.78, 5) is 18.8. The van der Waals surface area contributed by atoms with E-state index in [2.05, 4.69) is 36.5 Å². The van der Waals surface area contributed by atoms with Crippen LogP contribution in [0.15, 0.2) is 24.7 Å². The minimum Gasteiger partial charge on any atom is -0.341 e. The van der Waals surface area contributed by atoms with Crippen molar-refractivity contribution in [2.24, 2.45) is 11.8 Å². The Morgan fingerprint density at radius 1 is 1.36 bits per heavy atom. The molecule has 3 rings (SSSR count). The van der Waals surface area contributed by atoms with Crippen LogP contribution in [0.25, 0.3) is 10.9 Å². The minimum absolute atomic E-state index is 0.232. The molecule has 4 nitrogen and oxygen atoms in total. The lowest BCUT2D eigenvalue weighted by molar-refractivity contribution is -0.133. The molecule has 0 unspecified atom stereocenters. The average molecular weight is 299 g/mol. The molecule has 0 saturated carbocycles. The van der Waals surface area contributed by atoms with E-state index in [0.29, 0.717) is 6.54 Å². The number of pyridine rings is 1. The molecular formula is C18H25N3O. The molecule has 0 aromatic carbocycles. The fourth-order valence-corrected chi connectivity index (χ4v) is 3.51. The second-order valence-electron chi connectivity index (χ2n) is 6.80. The fourth-order valence-electron chi connectivity index (χ4n) is 3.51. The lowest BCUT2D eigenvalue weighted by Crippen LogP contribution is -2.41. The number of hydrogen-bond donors (Lipinski definition) is 0. The number of fused-ring (bicyclic) bond motifs is 1. The topological polar surface area (TPSA) is 38.1 Å². The third-order valence-electron chi connectivity index (χ3n) is 5.02. The maximum absolute atomic E-state index is 12.6. The molecule has 0 radical (unpaired) electrons. The Morgan fingerprint density at radius 2 is 2.09 bits per heavy atom. The molecule has 1 saturated heterocycles. The van der Waals surface area contributed by atoms with Gasteiger partial charge in [0.05, 0.1) is 5.52 Å². The summed E-state index contributed by atoms with van der Waals surface area (Å²) in [7, 11) is 0. The Balaban J connectivity index is 1.69. The van der Waals surface area contributed by atoms with E-state index < -0.39 is 0 Å². The van der Waals surface area contributed by atoms with Gasteiger partial charge in [-0.2, -0.15) is 0 Å². The first-order valence-corrected chi connectivity index (χ1v) is 8.23. The molecule has 0 atom stereocenters. The first kappa shape index (κ1) is 15.1. The van der Waals surface area contributed by atoms with E-state index in [-0.39, 0.29) is 5.91 Å². The van der Waals surface area contributed by atoms with Crippen LogP contribution in [0.1, 0.15) is 32.3 Å². The predicted molar refractivity (Wildman–Crippen MR) is 88.6 cm³/mol. The highest BCUT2D eigenvalue weighted by Crippen LogP contribution is 2.25. The maximum Gasteiger partial charge on any atom is 0.242 e. The molecule has 0 N–H and O–H groups in total. The number of aromatic nitrogens is 2. The maximum atomic E-state index is 12.6. The number of amides is 1. The van der Waals surface area contributed by atoms with Gasteiger partial charge in [-0.3, -0.25) is 9.78 Å². The molecule has 0 spiro atoms. The fraction of sp³-hybridized carbons (Fsp3) is 0.556. The van der Waals surface area contributed by atoms with Crippen molar-refractivity contribution in [2.45, 2.75) is 40.2 Å². The van der Waals surface area contributed by atoms with Crippen molar-refractivity contribution in [3.05, 3.63) is 30.2 Å². The minimum atomic E-state index is 0.232. The van der Waals surface area contributed by atoms with Crippen LogP contribution in [0.3, 0.4) is 0 Å². The van der Waals surface area contributed by atoms with E-state index in [4.69, 9.17) is 0 Å². The van der Waals surface area contributed by atoms with Crippen LogP contribution in [0, 0.1) is 18.8 Å². The summed E-state index contributed by atoms with van der Waals surface area (Å²) in [5.41, 5.74) is 2.27. The summed E-state index contributed by atoms with van der Waals surface area (Å²) in [5, 5.41) is 1.13. The quantitative estimate of drug-likeness (QED) is 0.872. The molecule has 2 aromatic rings. The van der Waals surface area contributed by atoms with Gasteiger partial charge in [0.2, 0.25) is 5.91 Å². The van der Waals surface area contributed by atoms with Gasteiger partial charge in [0, 0.05) is 37.1 Å². The Labute approximate surface area is 132 Å². The molecule has 3 heterocycles. The van der Waals surface area contributed by atoms with Gasteiger partial charge in [-0.25, -0.2) is 0 Å². The first-order valence-electron chi connectivity index (χ1n) is 8.23. The van der Waals surface area contributed by atoms with Crippen LogP contribution in [-0.4, -0.2) is 33.4 Å². The molecule has 0 bridgehead atoms. The Bertz CT molecular complexity index is 666. The van der Waals surface area contributed by atoms with Crippen LogP contribution < -0.4 is 0 Å². The number of carbonyl (C=O) groups excluding carboxylic acids is 1. The van der Waals surface area contributed by atoms with Crippen molar-refractivity contribution in [1.82, 2.24) is 14.5 Å². The molecule has 22 heavy (non-hydrogen) atoms. The Morgan fingerprint density at radius 3 is 2.77 bits per heavy atom. The molecule has 1 aliphatic rings. The molecule has 1 aliphatic heterocycles. The summed E-state index contributed by atoms with van der Waals surface area (Å²) in [6, 6.07) is 1.99.